The Labute approximate surface area is 156 Å². The van der Waals surface area contributed by atoms with Crippen LogP contribution in [0.1, 0.15) is 6.42 Å². The standard InChI is InChI=1S/C14H16F3N3O2S2.ClH/c1-23-5-4-9(18)12(21)20-13-19-10-3-2-8(6-11(10)24-13)22-7-14(15,16)17;/h2-3,6,9H,4-5,7,18H2,1H3,(H,19,20,21);1H/t9-;/m0./s1. The van der Waals surface area contributed by atoms with Crippen LogP contribution in [0.4, 0.5) is 18.3 Å². The average molecular weight is 416 g/mol. The van der Waals surface area contributed by atoms with E-state index in [1.807, 2.05) is 6.26 Å². The molecule has 140 valence electrons. The number of hydrogen-bond donors (Lipinski definition) is 2. The zero-order valence-electron chi connectivity index (χ0n) is 13.1. The predicted octanol–water partition coefficient (Wildman–Crippen LogP) is 3.68. The molecule has 1 heterocycles. The number of aromatic nitrogens is 1. The van der Waals surface area contributed by atoms with E-state index in [1.165, 1.54) is 12.1 Å². The average Bonchev–Trinajstić information content (AvgIpc) is 2.91. The summed E-state index contributed by atoms with van der Waals surface area (Å²) in [6.45, 7) is -1.36. The van der Waals surface area contributed by atoms with Gasteiger partial charge in [0.25, 0.3) is 0 Å². The number of anilines is 1. The Bertz CT molecular complexity index is 712. The van der Waals surface area contributed by atoms with Gasteiger partial charge in [-0.15, -0.1) is 12.4 Å². The number of amides is 1. The molecular formula is C14H17ClF3N3O2S2. The van der Waals surface area contributed by atoms with E-state index < -0.39 is 18.8 Å². The van der Waals surface area contributed by atoms with Gasteiger partial charge in [-0.2, -0.15) is 24.9 Å². The number of rotatable bonds is 7. The maximum Gasteiger partial charge on any atom is 0.422 e. The van der Waals surface area contributed by atoms with Crippen molar-refractivity contribution in [1.29, 1.82) is 0 Å². The molecule has 25 heavy (non-hydrogen) atoms. The number of thioether (sulfide) groups is 1. The Morgan fingerprint density at radius 1 is 1.48 bits per heavy atom. The first-order chi connectivity index (χ1) is 11.3. The first-order valence-electron chi connectivity index (χ1n) is 6.94. The van der Waals surface area contributed by atoms with Gasteiger partial charge in [0.15, 0.2) is 11.7 Å². The van der Waals surface area contributed by atoms with E-state index in [-0.39, 0.29) is 24.1 Å². The number of alkyl halides is 3. The second kappa shape index (κ2) is 9.46. The molecule has 0 aliphatic carbocycles. The lowest BCUT2D eigenvalue weighted by Crippen LogP contribution is -2.36. The summed E-state index contributed by atoms with van der Waals surface area (Å²) in [5.74, 6) is 0.531. The molecule has 0 saturated heterocycles. The van der Waals surface area contributed by atoms with Crippen LogP contribution < -0.4 is 15.8 Å². The van der Waals surface area contributed by atoms with Crippen molar-refractivity contribution in [3.8, 4) is 5.75 Å². The second-order valence-electron chi connectivity index (χ2n) is 4.93. The van der Waals surface area contributed by atoms with E-state index in [1.54, 1.807) is 17.8 Å². The lowest BCUT2D eigenvalue weighted by molar-refractivity contribution is -0.153. The molecule has 1 aromatic heterocycles. The van der Waals surface area contributed by atoms with Gasteiger partial charge in [-0.05, 0) is 36.6 Å². The summed E-state index contributed by atoms with van der Waals surface area (Å²) in [5, 5.41) is 2.98. The Kier molecular flexibility index (Phi) is 8.26. The lowest BCUT2D eigenvalue weighted by atomic mass is 10.2. The predicted molar refractivity (Wildman–Crippen MR) is 98.0 cm³/mol. The highest BCUT2D eigenvalue weighted by Crippen LogP contribution is 2.30. The molecule has 1 aromatic carbocycles. The summed E-state index contributed by atoms with van der Waals surface area (Å²) >= 11 is 2.75. The minimum absolute atomic E-state index is 0. The van der Waals surface area contributed by atoms with Crippen molar-refractivity contribution in [3.63, 3.8) is 0 Å². The summed E-state index contributed by atoms with van der Waals surface area (Å²) in [6.07, 6.45) is -1.92. The van der Waals surface area contributed by atoms with E-state index in [2.05, 4.69) is 10.3 Å². The van der Waals surface area contributed by atoms with Crippen LogP contribution >= 0.6 is 35.5 Å². The van der Waals surface area contributed by atoms with Crippen LogP contribution in [0.3, 0.4) is 0 Å². The van der Waals surface area contributed by atoms with Crippen molar-refractivity contribution in [1.82, 2.24) is 4.98 Å². The van der Waals surface area contributed by atoms with Crippen LogP contribution in [0.2, 0.25) is 0 Å². The molecule has 11 heteroatoms. The molecule has 2 rings (SSSR count). The van der Waals surface area contributed by atoms with E-state index >= 15 is 0 Å². The molecule has 0 bridgehead atoms. The zero-order chi connectivity index (χ0) is 17.7. The number of nitrogens with zero attached hydrogens (tertiary/aromatic N) is 1. The van der Waals surface area contributed by atoms with Crippen molar-refractivity contribution in [2.24, 2.45) is 5.73 Å². The van der Waals surface area contributed by atoms with Crippen molar-refractivity contribution < 1.29 is 22.7 Å². The van der Waals surface area contributed by atoms with Crippen LogP contribution in [-0.2, 0) is 4.79 Å². The number of thiazole rings is 1. The van der Waals surface area contributed by atoms with Gasteiger partial charge >= 0.3 is 6.18 Å². The summed E-state index contributed by atoms with van der Waals surface area (Å²) in [7, 11) is 0. The first kappa shape index (κ1) is 21.8. The third-order valence-electron chi connectivity index (χ3n) is 2.96. The van der Waals surface area contributed by atoms with E-state index in [4.69, 9.17) is 10.5 Å². The molecule has 0 fully saturated rings. The van der Waals surface area contributed by atoms with Gasteiger partial charge in [0.1, 0.15) is 5.75 Å². The minimum Gasteiger partial charge on any atom is -0.484 e. The SMILES string of the molecule is CSCC[C@H](N)C(=O)Nc1nc2ccc(OCC(F)(F)F)cc2s1.Cl. The maximum absolute atomic E-state index is 12.2. The van der Waals surface area contributed by atoms with Crippen LogP contribution in [0.5, 0.6) is 5.75 Å². The zero-order valence-corrected chi connectivity index (χ0v) is 15.6. The number of fused-ring (bicyclic) bond motifs is 1. The summed E-state index contributed by atoms with van der Waals surface area (Å²) < 4.78 is 41.8. The minimum atomic E-state index is -4.39. The fourth-order valence-electron chi connectivity index (χ4n) is 1.79. The van der Waals surface area contributed by atoms with Gasteiger partial charge in [-0.1, -0.05) is 11.3 Å². The third kappa shape index (κ3) is 6.89. The highest BCUT2D eigenvalue weighted by molar-refractivity contribution is 7.98. The van der Waals surface area contributed by atoms with Crippen molar-refractivity contribution in [3.05, 3.63) is 18.2 Å². The number of carbonyl (C=O) groups excluding carboxylic acids is 1. The monoisotopic (exact) mass is 415 g/mol. The van der Waals surface area contributed by atoms with E-state index in [0.29, 0.717) is 21.8 Å². The molecule has 0 unspecified atom stereocenters. The highest BCUT2D eigenvalue weighted by Gasteiger charge is 2.28. The number of ether oxygens (including phenoxy) is 1. The van der Waals surface area contributed by atoms with Crippen molar-refractivity contribution >= 4 is 56.8 Å². The number of nitrogens with two attached hydrogens (primary N) is 1. The number of hydrogen-bond acceptors (Lipinski definition) is 6. The van der Waals surface area contributed by atoms with Crippen LogP contribution in [0, 0.1) is 0 Å². The molecule has 0 aliphatic rings. The number of nitrogens with one attached hydrogen (secondary N) is 1. The quantitative estimate of drug-likeness (QED) is 0.721. The summed E-state index contributed by atoms with van der Waals surface area (Å²) in [6, 6.07) is 3.78. The molecular weight excluding hydrogens is 399 g/mol. The van der Waals surface area contributed by atoms with Gasteiger partial charge in [0.05, 0.1) is 16.3 Å². The topological polar surface area (TPSA) is 77.2 Å². The largest absolute Gasteiger partial charge is 0.484 e. The fourth-order valence-corrected chi connectivity index (χ4v) is 3.17. The van der Waals surface area contributed by atoms with Crippen LogP contribution in [0.25, 0.3) is 10.2 Å². The van der Waals surface area contributed by atoms with Gasteiger partial charge in [-0.25, -0.2) is 4.98 Å². The van der Waals surface area contributed by atoms with E-state index in [9.17, 15) is 18.0 Å². The molecule has 3 N–H and O–H groups in total. The van der Waals surface area contributed by atoms with Gasteiger partial charge in [0.2, 0.25) is 5.91 Å². The van der Waals surface area contributed by atoms with Gasteiger partial charge in [0, 0.05) is 0 Å². The molecule has 1 atom stereocenters. The normalized spacial score (nSPS) is 12.5. The number of benzene rings is 1. The molecule has 0 aliphatic heterocycles. The highest BCUT2D eigenvalue weighted by atomic mass is 35.5. The Balaban J connectivity index is 0.00000312. The molecule has 0 spiro atoms. The van der Waals surface area contributed by atoms with Crippen LogP contribution in [0.15, 0.2) is 18.2 Å². The van der Waals surface area contributed by atoms with Crippen molar-refractivity contribution in [2.75, 3.05) is 23.9 Å². The van der Waals surface area contributed by atoms with Crippen LogP contribution in [-0.4, -0.2) is 41.7 Å². The number of halogens is 4. The Hall–Kier alpha value is -1.23. The molecule has 1 amide bonds. The summed E-state index contributed by atoms with van der Waals surface area (Å²) in [5.41, 5.74) is 6.34. The third-order valence-corrected chi connectivity index (χ3v) is 4.54. The number of carbonyl (C=O) groups is 1. The molecule has 5 nitrogen and oxygen atoms in total. The molecule has 0 saturated carbocycles. The molecule has 0 radical (unpaired) electrons. The maximum atomic E-state index is 12.2. The first-order valence-corrected chi connectivity index (χ1v) is 9.15. The van der Waals surface area contributed by atoms with Gasteiger partial charge < -0.3 is 15.8 Å². The van der Waals surface area contributed by atoms with Gasteiger partial charge in [-0.3, -0.25) is 4.79 Å². The Morgan fingerprint density at radius 2 is 2.20 bits per heavy atom. The van der Waals surface area contributed by atoms with Crippen molar-refractivity contribution in [2.45, 2.75) is 18.6 Å². The molecule has 2 aromatic rings. The Morgan fingerprint density at radius 3 is 2.84 bits per heavy atom. The fraction of sp³-hybridized carbons (Fsp3) is 0.429. The lowest BCUT2D eigenvalue weighted by Gasteiger charge is -2.09. The smallest absolute Gasteiger partial charge is 0.422 e. The van der Waals surface area contributed by atoms with E-state index in [0.717, 1.165) is 17.1 Å². The summed E-state index contributed by atoms with van der Waals surface area (Å²) in [4.78, 5) is 16.2. The second-order valence-corrected chi connectivity index (χ2v) is 6.95.